The van der Waals surface area contributed by atoms with Gasteiger partial charge in [0.25, 0.3) is 5.01 Å². The zero-order valence-electron chi connectivity index (χ0n) is 15.0. The van der Waals surface area contributed by atoms with Crippen molar-refractivity contribution < 1.29 is 28.5 Å². The Labute approximate surface area is 171 Å². The van der Waals surface area contributed by atoms with Crippen molar-refractivity contribution in [2.24, 2.45) is 7.05 Å². The molecule has 0 radical (unpaired) electrons. The van der Waals surface area contributed by atoms with Crippen molar-refractivity contribution in [1.82, 2.24) is 0 Å². The molecule has 1 aromatic heterocycles. The summed E-state index contributed by atoms with van der Waals surface area (Å²) in [6.45, 7) is 2.14. The molecule has 25 heavy (non-hydrogen) atoms. The summed E-state index contributed by atoms with van der Waals surface area (Å²) >= 11 is 1.82. The molecule has 0 bridgehead atoms. The quantitative estimate of drug-likeness (QED) is 0.327. The van der Waals surface area contributed by atoms with Gasteiger partial charge >= 0.3 is 0 Å². The molecule has 4 heteroatoms. The number of para-hydroxylation sites is 1. The van der Waals surface area contributed by atoms with Crippen LogP contribution in [0.1, 0.15) is 17.5 Å². The number of rotatable bonds is 4. The second kappa shape index (κ2) is 8.63. The number of hydrogen-bond acceptors (Lipinski definition) is 2. The average molecular weight is 462 g/mol. The van der Waals surface area contributed by atoms with Crippen LogP contribution in [-0.4, -0.2) is 14.1 Å². The van der Waals surface area contributed by atoms with Crippen molar-refractivity contribution in [3.8, 4) is 0 Å². The fourth-order valence-corrected chi connectivity index (χ4v) is 3.70. The molecule has 0 unspecified atom stereocenters. The Morgan fingerprint density at radius 3 is 2.36 bits per heavy atom. The van der Waals surface area contributed by atoms with Crippen LogP contribution in [-0.2, 0) is 7.05 Å². The van der Waals surface area contributed by atoms with Crippen LogP contribution in [0.4, 0.5) is 5.69 Å². The highest BCUT2D eigenvalue weighted by Gasteiger charge is 2.12. The van der Waals surface area contributed by atoms with E-state index in [0.717, 1.165) is 0 Å². The van der Waals surface area contributed by atoms with Crippen molar-refractivity contribution in [1.29, 1.82) is 0 Å². The Bertz CT molecular complexity index is 905. The maximum Gasteiger partial charge on any atom is 0.262 e. The van der Waals surface area contributed by atoms with Crippen LogP contribution >= 0.6 is 11.3 Å². The highest BCUT2D eigenvalue weighted by atomic mass is 127. The van der Waals surface area contributed by atoms with Crippen molar-refractivity contribution in [2.75, 3.05) is 19.0 Å². The molecular formula is C21H23IN2S. The third kappa shape index (κ3) is 4.70. The third-order valence-electron chi connectivity index (χ3n) is 4.06. The molecule has 2 nitrogen and oxygen atoms in total. The molecule has 0 fully saturated rings. The van der Waals surface area contributed by atoms with E-state index in [4.69, 9.17) is 0 Å². The van der Waals surface area contributed by atoms with Crippen LogP contribution < -0.4 is 33.4 Å². The molecule has 0 N–H and O–H groups in total. The number of aromatic nitrogens is 1. The van der Waals surface area contributed by atoms with Gasteiger partial charge in [-0.15, -0.1) is 0 Å². The minimum atomic E-state index is 0. The fraction of sp³-hybridized carbons (Fsp3) is 0.190. The molecule has 130 valence electrons. The first-order valence-corrected chi connectivity index (χ1v) is 8.87. The maximum absolute atomic E-state index is 2.25. The SMILES string of the molecule is CC(/C=C/c1sc2ccccc2[n+]1C)=C\c1ccc(N(C)C)cc1.[I-]. The molecule has 1 heterocycles. The van der Waals surface area contributed by atoms with E-state index in [2.05, 4.69) is 104 Å². The van der Waals surface area contributed by atoms with Crippen molar-refractivity contribution in [3.63, 3.8) is 0 Å². The molecular weight excluding hydrogens is 439 g/mol. The second-order valence-electron chi connectivity index (χ2n) is 6.17. The average Bonchev–Trinajstić information content (AvgIpc) is 2.90. The minimum Gasteiger partial charge on any atom is -1.00 e. The van der Waals surface area contributed by atoms with Gasteiger partial charge in [0.1, 0.15) is 11.7 Å². The number of fused-ring (bicyclic) bond motifs is 1. The molecule has 0 aliphatic rings. The number of anilines is 1. The van der Waals surface area contributed by atoms with E-state index in [0.29, 0.717) is 0 Å². The molecule has 3 aromatic rings. The van der Waals surface area contributed by atoms with Gasteiger partial charge in [-0.25, -0.2) is 0 Å². The minimum absolute atomic E-state index is 0. The van der Waals surface area contributed by atoms with Crippen LogP contribution in [0.25, 0.3) is 22.4 Å². The molecule has 2 aromatic carbocycles. The van der Waals surface area contributed by atoms with E-state index < -0.39 is 0 Å². The Morgan fingerprint density at radius 1 is 1.04 bits per heavy atom. The molecule has 0 atom stereocenters. The number of nitrogens with zero attached hydrogens (tertiary/aromatic N) is 2. The van der Waals surface area contributed by atoms with Gasteiger partial charge in [-0.1, -0.05) is 53.3 Å². The van der Waals surface area contributed by atoms with E-state index in [9.17, 15) is 0 Å². The highest BCUT2D eigenvalue weighted by Crippen LogP contribution is 2.21. The van der Waals surface area contributed by atoms with Crippen molar-refractivity contribution in [3.05, 3.63) is 70.8 Å². The summed E-state index contributed by atoms with van der Waals surface area (Å²) in [5.74, 6) is 0. The van der Waals surface area contributed by atoms with E-state index in [1.54, 1.807) is 0 Å². The van der Waals surface area contributed by atoms with Gasteiger partial charge in [-0.3, -0.25) is 0 Å². The topological polar surface area (TPSA) is 7.12 Å². The van der Waals surface area contributed by atoms with E-state index in [1.165, 1.54) is 32.0 Å². The number of aryl methyl sites for hydroxylation is 1. The first kappa shape index (κ1) is 19.7. The van der Waals surface area contributed by atoms with Crippen LogP contribution in [0, 0.1) is 0 Å². The molecule has 0 spiro atoms. The van der Waals surface area contributed by atoms with Crippen molar-refractivity contribution >= 4 is 39.4 Å². The Hall–Kier alpha value is -1.66. The predicted molar refractivity (Wildman–Crippen MR) is 106 cm³/mol. The molecule has 0 aliphatic heterocycles. The monoisotopic (exact) mass is 462 g/mol. The molecule has 0 saturated carbocycles. The van der Waals surface area contributed by atoms with Gasteiger partial charge in [0.15, 0.2) is 0 Å². The third-order valence-corrected chi connectivity index (χ3v) is 5.25. The van der Waals surface area contributed by atoms with E-state index in [-0.39, 0.29) is 24.0 Å². The first-order valence-electron chi connectivity index (χ1n) is 8.06. The lowest BCUT2D eigenvalue weighted by molar-refractivity contribution is -0.642. The summed E-state index contributed by atoms with van der Waals surface area (Å²) in [5.41, 5.74) is 4.97. The zero-order valence-corrected chi connectivity index (χ0v) is 18.0. The summed E-state index contributed by atoms with van der Waals surface area (Å²) in [4.78, 5) is 2.11. The predicted octanol–water partition coefficient (Wildman–Crippen LogP) is 1.91. The maximum atomic E-state index is 2.25. The first-order chi connectivity index (χ1) is 11.5. The van der Waals surface area contributed by atoms with Gasteiger partial charge in [-0.2, -0.15) is 4.57 Å². The Morgan fingerprint density at radius 2 is 1.72 bits per heavy atom. The number of hydrogen-bond donors (Lipinski definition) is 0. The lowest BCUT2D eigenvalue weighted by Gasteiger charge is -2.11. The van der Waals surface area contributed by atoms with E-state index >= 15 is 0 Å². The van der Waals surface area contributed by atoms with Crippen molar-refractivity contribution in [2.45, 2.75) is 6.92 Å². The van der Waals surface area contributed by atoms with Crippen LogP contribution in [0.3, 0.4) is 0 Å². The molecule has 0 amide bonds. The van der Waals surface area contributed by atoms with Crippen LogP contribution in [0.5, 0.6) is 0 Å². The standard InChI is InChI=1S/C21H23N2S.HI/c1-16(15-17-10-12-18(13-11-17)22(2)3)9-14-21-23(4)19-7-5-6-8-20(19)24-21;/h5-15H,1-4H3;1H/q+1;/p-1. The highest BCUT2D eigenvalue weighted by molar-refractivity contribution is 7.18. The lowest BCUT2D eigenvalue weighted by atomic mass is 10.1. The molecule has 0 aliphatic carbocycles. The summed E-state index contributed by atoms with van der Waals surface area (Å²) in [7, 11) is 6.24. The van der Waals surface area contributed by atoms with Crippen LogP contribution in [0.15, 0.2) is 60.2 Å². The molecule has 3 rings (SSSR count). The molecule has 0 saturated heterocycles. The van der Waals surface area contributed by atoms with E-state index in [1.807, 2.05) is 11.3 Å². The van der Waals surface area contributed by atoms with Gasteiger partial charge in [-0.05, 0) is 30.7 Å². The fourth-order valence-electron chi connectivity index (χ4n) is 2.65. The van der Waals surface area contributed by atoms with Gasteiger partial charge in [0.2, 0.25) is 5.52 Å². The Kier molecular flexibility index (Phi) is 6.79. The van der Waals surface area contributed by atoms with Gasteiger partial charge < -0.3 is 28.9 Å². The summed E-state index contributed by atoms with van der Waals surface area (Å²) in [6, 6.07) is 17.1. The van der Waals surface area contributed by atoms with Crippen LogP contribution in [0.2, 0.25) is 0 Å². The summed E-state index contributed by atoms with van der Waals surface area (Å²) in [6.07, 6.45) is 6.60. The summed E-state index contributed by atoms with van der Waals surface area (Å²) in [5, 5.41) is 1.26. The largest absolute Gasteiger partial charge is 1.00 e. The zero-order chi connectivity index (χ0) is 17.1. The van der Waals surface area contributed by atoms with Gasteiger partial charge in [0, 0.05) is 31.9 Å². The summed E-state index contributed by atoms with van der Waals surface area (Å²) < 4.78 is 3.57. The number of benzene rings is 2. The number of allylic oxidation sites excluding steroid dienone is 2. The smallest absolute Gasteiger partial charge is 0.262 e. The Balaban J connectivity index is 0.00000225. The number of halogens is 1. The normalized spacial score (nSPS) is 11.8. The second-order valence-corrected chi connectivity index (χ2v) is 7.24. The number of thiazole rings is 1. The lowest BCUT2D eigenvalue weighted by Crippen LogP contribution is -3.00. The van der Waals surface area contributed by atoms with Gasteiger partial charge in [0.05, 0.1) is 0 Å².